The smallest absolute Gasteiger partial charge is 0.119 e. The number of aromatic hydroxyl groups is 1. The minimum absolute atomic E-state index is 0.0670. The molecule has 3 heteroatoms. The standard InChI is InChI=1S/C20H28O3/c1-11-3-8-16(22)14-6-5-13-15-7-4-12(10-21)20(15,2)9-17(23)19(13)18(11)14/h3,8,12-13,15,17,19,21-23H,4-7,9-10H2,1-2H3. The van der Waals surface area contributed by atoms with E-state index in [0.717, 1.165) is 31.2 Å². The van der Waals surface area contributed by atoms with Gasteiger partial charge in [-0.3, -0.25) is 0 Å². The fraction of sp³-hybridized carbons (Fsp3) is 0.700. The van der Waals surface area contributed by atoms with Crippen molar-refractivity contribution < 1.29 is 15.3 Å². The second kappa shape index (κ2) is 5.22. The van der Waals surface area contributed by atoms with Gasteiger partial charge < -0.3 is 15.3 Å². The molecule has 126 valence electrons. The van der Waals surface area contributed by atoms with Gasteiger partial charge in [0.15, 0.2) is 0 Å². The molecule has 3 nitrogen and oxygen atoms in total. The third-order valence-corrected chi connectivity index (χ3v) is 7.48. The number of fused-ring (bicyclic) bond motifs is 5. The molecule has 3 aliphatic carbocycles. The van der Waals surface area contributed by atoms with E-state index in [0.29, 0.717) is 23.5 Å². The second-order valence-corrected chi connectivity index (χ2v) is 8.36. The summed E-state index contributed by atoms with van der Waals surface area (Å²) in [6.07, 6.45) is 4.62. The zero-order valence-corrected chi connectivity index (χ0v) is 14.1. The van der Waals surface area contributed by atoms with Crippen LogP contribution in [0.4, 0.5) is 0 Å². The van der Waals surface area contributed by atoms with Crippen LogP contribution in [0.2, 0.25) is 0 Å². The molecule has 2 saturated carbocycles. The average molecular weight is 316 g/mol. The largest absolute Gasteiger partial charge is 0.508 e. The second-order valence-electron chi connectivity index (χ2n) is 8.36. The lowest BCUT2D eigenvalue weighted by Gasteiger charge is -2.53. The topological polar surface area (TPSA) is 60.7 Å². The van der Waals surface area contributed by atoms with E-state index in [1.54, 1.807) is 6.07 Å². The quantitative estimate of drug-likeness (QED) is 0.746. The Bertz CT molecular complexity index is 626. The molecule has 3 N–H and O–H groups in total. The van der Waals surface area contributed by atoms with Crippen molar-refractivity contribution in [3.05, 3.63) is 28.8 Å². The van der Waals surface area contributed by atoms with Crippen LogP contribution in [-0.4, -0.2) is 28.0 Å². The molecule has 6 unspecified atom stereocenters. The van der Waals surface area contributed by atoms with Crippen LogP contribution in [0.25, 0.3) is 0 Å². The van der Waals surface area contributed by atoms with Gasteiger partial charge in [0, 0.05) is 12.5 Å². The highest BCUT2D eigenvalue weighted by Gasteiger charge is 2.57. The van der Waals surface area contributed by atoms with Crippen molar-refractivity contribution in [3.63, 3.8) is 0 Å². The Morgan fingerprint density at radius 2 is 2.00 bits per heavy atom. The van der Waals surface area contributed by atoms with Gasteiger partial charge in [0.2, 0.25) is 0 Å². The summed E-state index contributed by atoms with van der Waals surface area (Å²) in [6.45, 7) is 4.63. The summed E-state index contributed by atoms with van der Waals surface area (Å²) in [7, 11) is 0. The third-order valence-electron chi connectivity index (χ3n) is 7.48. The van der Waals surface area contributed by atoms with Crippen LogP contribution in [0.3, 0.4) is 0 Å². The predicted molar refractivity (Wildman–Crippen MR) is 89.4 cm³/mol. The van der Waals surface area contributed by atoms with Gasteiger partial charge in [-0.2, -0.15) is 0 Å². The normalized spacial score (nSPS) is 42.0. The SMILES string of the molecule is Cc1ccc(O)c2c1C1C(O)CC3(C)C(CO)CCC3C1CC2. The monoisotopic (exact) mass is 316 g/mol. The highest BCUT2D eigenvalue weighted by atomic mass is 16.3. The Morgan fingerprint density at radius 3 is 2.74 bits per heavy atom. The number of hydrogen-bond donors (Lipinski definition) is 3. The van der Waals surface area contributed by atoms with Crippen molar-refractivity contribution in [2.24, 2.45) is 23.2 Å². The maximum absolute atomic E-state index is 11.0. The van der Waals surface area contributed by atoms with Crippen LogP contribution in [0, 0.1) is 30.1 Å². The number of aryl methyl sites for hydroxylation is 1. The van der Waals surface area contributed by atoms with Crippen LogP contribution in [-0.2, 0) is 6.42 Å². The molecule has 1 aromatic rings. The number of phenols is 1. The average Bonchev–Trinajstić information content (AvgIpc) is 2.86. The summed E-state index contributed by atoms with van der Waals surface area (Å²) < 4.78 is 0. The summed E-state index contributed by atoms with van der Waals surface area (Å²) in [5, 5.41) is 31.1. The van der Waals surface area contributed by atoms with E-state index < -0.39 is 0 Å². The third kappa shape index (κ3) is 2.02. The van der Waals surface area contributed by atoms with Gasteiger partial charge in [-0.15, -0.1) is 0 Å². The lowest BCUT2D eigenvalue weighted by Crippen LogP contribution is -2.49. The zero-order valence-electron chi connectivity index (χ0n) is 14.1. The number of aliphatic hydroxyl groups excluding tert-OH is 2. The van der Waals surface area contributed by atoms with Crippen molar-refractivity contribution in [2.75, 3.05) is 6.61 Å². The molecule has 0 aromatic heterocycles. The Labute approximate surface area is 138 Å². The molecular weight excluding hydrogens is 288 g/mol. The summed E-state index contributed by atoms with van der Waals surface area (Å²) in [4.78, 5) is 0. The molecule has 1 aromatic carbocycles. The lowest BCUT2D eigenvalue weighted by atomic mass is 9.53. The van der Waals surface area contributed by atoms with Gasteiger partial charge in [-0.05, 0) is 85.0 Å². The maximum atomic E-state index is 11.0. The molecule has 3 aliphatic rings. The number of rotatable bonds is 1. The number of hydrogen-bond acceptors (Lipinski definition) is 3. The Morgan fingerprint density at radius 1 is 1.22 bits per heavy atom. The summed E-state index contributed by atoms with van der Waals surface area (Å²) in [5.74, 6) is 1.94. The van der Waals surface area contributed by atoms with Crippen molar-refractivity contribution >= 4 is 0 Å². The Balaban J connectivity index is 1.79. The molecule has 0 bridgehead atoms. The molecule has 23 heavy (non-hydrogen) atoms. The molecule has 0 spiro atoms. The van der Waals surface area contributed by atoms with E-state index in [-0.39, 0.29) is 24.0 Å². The van der Waals surface area contributed by atoms with E-state index in [1.165, 1.54) is 17.5 Å². The molecule has 6 atom stereocenters. The van der Waals surface area contributed by atoms with Crippen molar-refractivity contribution in [1.82, 2.24) is 0 Å². The molecule has 0 heterocycles. The van der Waals surface area contributed by atoms with Crippen LogP contribution in [0.15, 0.2) is 12.1 Å². The highest BCUT2D eigenvalue weighted by molar-refractivity contribution is 5.48. The van der Waals surface area contributed by atoms with Gasteiger partial charge in [-0.25, -0.2) is 0 Å². The minimum Gasteiger partial charge on any atom is -0.508 e. The summed E-state index contributed by atoms with van der Waals surface area (Å²) in [5.41, 5.74) is 3.54. The fourth-order valence-electron chi connectivity index (χ4n) is 6.37. The van der Waals surface area contributed by atoms with E-state index in [2.05, 4.69) is 13.8 Å². The van der Waals surface area contributed by atoms with Crippen LogP contribution < -0.4 is 0 Å². The van der Waals surface area contributed by atoms with Gasteiger partial charge >= 0.3 is 0 Å². The van der Waals surface area contributed by atoms with Crippen LogP contribution in [0.1, 0.15) is 55.2 Å². The number of phenolic OH excluding ortho intramolecular Hbond substituents is 1. The predicted octanol–water partition coefficient (Wildman–Crippen LogP) is 3.14. The molecule has 0 aliphatic heterocycles. The van der Waals surface area contributed by atoms with Gasteiger partial charge in [0.25, 0.3) is 0 Å². The van der Waals surface area contributed by atoms with Gasteiger partial charge in [-0.1, -0.05) is 13.0 Å². The Kier molecular flexibility index (Phi) is 3.51. The van der Waals surface area contributed by atoms with Crippen molar-refractivity contribution in [1.29, 1.82) is 0 Å². The minimum atomic E-state index is -0.368. The van der Waals surface area contributed by atoms with Crippen molar-refractivity contribution in [3.8, 4) is 5.75 Å². The molecule has 0 amide bonds. The molecule has 0 radical (unpaired) electrons. The number of aliphatic hydroxyl groups is 2. The first-order valence-electron chi connectivity index (χ1n) is 9.07. The van der Waals surface area contributed by atoms with Gasteiger partial charge in [0.05, 0.1) is 6.10 Å². The van der Waals surface area contributed by atoms with E-state index >= 15 is 0 Å². The van der Waals surface area contributed by atoms with Crippen LogP contribution in [0.5, 0.6) is 5.75 Å². The molecular formula is C20H28O3. The lowest BCUT2D eigenvalue weighted by molar-refractivity contribution is -0.0630. The molecule has 2 fully saturated rings. The van der Waals surface area contributed by atoms with Gasteiger partial charge in [0.1, 0.15) is 5.75 Å². The zero-order chi connectivity index (χ0) is 16.4. The molecule has 4 rings (SSSR count). The van der Waals surface area contributed by atoms with Crippen molar-refractivity contribution in [2.45, 2.75) is 58.0 Å². The van der Waals surface area contributed by atoms with E-state index in [9.17, 15) is 15.3 Å². The van der Waals surface area contributed by atoms with E-state index in [1.807, 2.05) is 6.07 Å². The summed E-state index contributed by atoms with van der Waals surface area (Å²) in [6, 6.07) is 3.79. The molecule has 0 saturated heterocycles. The maximum Gasteiger partial charge on any atom is 0.119 e. The number of benzene rings is 1. The highest BCUT2D eigenvalue weighted by Crippen LogP contribution is 2.63. The summed E-state index contributed by atoms with van der Waals surface area (Å²) >= 11 is 0. The first-order valence-corrected chi connectivity index (χ1v) is 9.07. The Hall–Kier alpha value is -1.06. The van der Waals surface area contributed by atoms with E-state index in [4.69, 9.17) is 0 Å². The van der Waals surface area contributed by atoms with Crippen LogP contribution >= 0.6 is 0 Å². The fourth-order valence-corrected chi connectivity index (χ4v) is 6.37. The first-order chi connectivity index (χ1) is 11.0. The first kappa shape index (κ1) is 15.5.